The summed E-state index contributed by atoms with van der Waals surface area (Å²) in [5, 5.41) is 0. The molecule has 0 N–H and O–H groups in total. The maximum atomic E-state index is 12.0. The summed E-state index contributed by atoms with van der Waals surface area (Å²) in [6.07, 6.45) is 3.26. The summed E-state index contributed by atoms with van der Waals surface area (Å²) in [5.74, 6) is 1.33. The molecule has 2 rings (SSSR count). The normalized spacial score (nSPS) is 10.1. The summed E-state index contributed by atoms with van der Waals surface area (Å²) in [5.41, 5.74) is 0.613. The van der Waals surface area contributed by atoms with E-state index in [1.807, 2.05) is 0 Å². The van der Waals surface area contributed by atoms with Crippen LogP contribution >= 0.6 is 0 Å². The molecule has 2 aromatic rings. The zero-order valence-electron chi connectivity index (χ0n) is 9.18. The van der Waals surface area contributed by atoms with Gasteiger partial charge in [0.2, 0.25) is 0 Å². The van der Waals surface area contributed by atoms with Gasteiger partial charge in [-0.05, 0) is 31.2 Å². The van der Waals surface area contributed by atoms with Crippen LogP contribution in [0, 0.1) is 6.92 Å². The largest absolute Gasteiger partial charge is 0.497 e. The number of rotatable bonds is 2. The molecule has 0 unspecified atom stereocenters. The fourth-order valence-electron chi connectivity index (χ4n) is 1.47. The number of hydrogen-bond donors (Lipinski definition) is 0. The van der Waals surface area contributed by atoms with Gasteiger partial charge in [-0.2, -0.15) is 0 Å². The fourth-order valence-corrected chi connectivity index (χ4v) is 1.47. The van der Waals surface area contributed by atoms with Crippen molar-refractivity contribution in [2.75, 3.05) is 7.11 Å². The van der Waals surface area contributed by atoms with Crippen LogP contribution in [0.15, 0.2) is 36.7 Å². The summed E-state index contributed by atoms with van der Waals surface area (Å²) in [6.45, 7) is 1.79. The van der Waals surface area contributed by atoms with Gasteiger partial charge in [0.1, 0.15) is 11.6 Å². The number of imidazole rings is 1. The molecule has 0 fully saturated rings. The number of nitrogens with zero attached hydrogens (tertiary/aromatic N) is 2. The van der Waals surface area contributed by atoms with Gasteiger partial charge in [-0.1, -0.05) is 0 Å². The Labute approximate surface area is 93.5 Å². The Morgan fingerprint density at radius 3 is 2.50 bits per heavy atom. The van der Waals surface area contributed by atoms with Crippen LogP contribution in [0.4, 0.5) is 0 Å². The molecule has 0 aliphatic rings. The molecule has 0 saturated heterocycles. The van der Waals surface area contributed by atoms with Crippen molar-refractivity contribution in [2.45, 2.75) is 6.92 Å². The molecule has 1 aromatic heterocycles. The van der Waals surface area contributed by atoms with Crippen molar-refractivity contribution >= 4 is 5.91 Å². The maximum Gasteiger partial charge on any atom is 0.263 e. The third-order valence-corrected chi connectivity index (χ3v) is 2.38. The van der Waals surface area contributed by atoms with Crippen molar-refractivity contribution in [2.24, 2.45) is 0 Å². The van der Waals surface area contributed by atoms with Gasteiger partial charge in [-0.15, -0.1) is 0 Å². The van der Waals surface area contributed by atoms with Crippen molar-refractivity contribution in [1.29, 1.82) is 0 Å². The minimum atomic E-state index is -0.0855. The van der Waals surface area contributed by atoms with Crippen LogP contribution in [-0.2, 0) is 0 Å². The Morgan fingerprint density at radius 2 is 2.00 bits per heavy atom. The molecule has 82 valence electrons. The van der Waals surface area contributed by atoms with Gasteiger partial charge >= 0.3 is 0 Å². The quantitative estimate of drug-likeness (QED) is 0.770. The van der Waals surface area contributed by atoms with E-state index in [1.54, 1.807) is 50.7 Å². The highest BCUT2D eigenvalue weighted by Crippen LogP contribution is 2.12. The predicted octanol–water partition coefficient (Wildman–Crippen LogP) is 1.89. The van der Waals surface area contributed by atoms with E-state index in [0.29, 0.717) is 11.4 Å². The molecule has 1 aromatic carbocycles. The number of methoxy groups -OCH3 is 1. The second kappa shape index (κ2) is 4.18. The molecule has 0 saturated carbocycles. The van der Waals surface area contributed by atoms with Crippen LogP contribution in [0.5, 0.6) is 5.75 Å². The van der Waals surface area contributed by atoms with Crippen LogP contribution in [0.3, 0.4) is 0 Å². The van der Waals surface area contributed by atoms with Gasteiger partial charge in [0, 0.05) is 18.0 Å². The summed E-state index contributed by atoms with van der Waals surface area (Å²) >= 11 is 0. The highest BCUT2D eigenvalue weighted by Gasteiger charge is 2.09. The molecule has 4 heteroatoms. The number of ether oxygens (including phenoxy) is 1. The summed E-state index contributed by atoms with van der Waals surface area (Å²) in [6, 6.07) is 7.00. The summed E-state index contributed by atoms with van der Waals surface area (Å²) in [7, 11) is 1.59. The van der Waals surface area contributed by atoms with Gasteiger partial charge in [-0.3, -0.25) is 9.36 Å². The lowest BCUT2D eigenvalue weighted by molar-refractivity contribution is 0.0957. The molecule has 0 bridgehead atoms. The Balaban J connectivity index is 2.31. The topological polar surface area (TPSA) is 44.1 Å². The van der Waals surface area contributed by atoms with Crippen LogP contribution in [-0.4, -0.2) is 22.6 Å². The lowest BCUT2D eigenvalue weighted by Crippen LogP contribution is -2.12. The minimum Gasteiger partial charge on any atom is -0.497 e. The Hall–Kier alpha value is -2.10. The fraction of sp³-hybridized carbons (Fsp3) is 0.167. The first-order valence-corrected chi connectivity index (χ1v) is 4.91. The van der Waals surface area contributed by atoms with E-state index in [9.17, 15) is 4.79 Å². The number of hydrogen-bond acceptors (Lipinski definition) is 3. The van der Waals surface area contributed by atoms with Crippen LogP contribution < -0.4 is 4.74 Å². The molecule has 0 amide bonds. The predicted molar refractivity (Wildman–Crippen MR) is 59.7 cm³/mol. The molecule has 0 aliphatic carbocycles. The van der Waals surface area contributed by atoms with E-state index < -0.39 is 0 Å². The average molecular weight is 216 g/mol. The Morgan fingerprint density at radius 1 is 1.31 bits per heavy atom. The smallest absolute Gasteiger partial charge is 0.263 e. The number of aryl methyl sites for hydroxylation is 1. The van der Waals surface area contributed by atoms with Crippen molar-refractivity contribution in [3.8, 4) is 5.75 Å². The van der Waals surface area contributed by atoms with E-state index in [-0.39, 0.29) is 5.91 Å². The van der Waals surface area contributed by atoms with E-state index in [2.05, 4.69) is 4.98 Å². The molecule has 0 aliphatic heterocycles. The second-order valence-corrected chi connectivity index (χ2v) is 3.38. The Bertz CT molecular complexity index is 500. The number of aromatic nitrogens is 2. The third-order valence-electron chi connectivity index (χ3n) is 2.38. The molecule has 0 radical (unpaired) electrons. The van der Waals surface area contributed by atoms with Crippen LogP contribution in [0.25, 0.3) is 0 Å². The number of carbonyl (C=O) groups excluding carboxylic acids is 1. The lowest BCUT2D eigenvalue weighted by atomic mass is 10.2. The molecule has 0 spiro atoms. The van der Waals surface area contributed by atoms with Gasteiger partial charge < -0.3 is 4.74 Å². The molecule has 1 heterocycles. The summed E-state index contributed by atoms with van der Waals surface area (Å²) < 4.78 is 6.55. The van der Waals surface area contributed by atoms with Gasteiger partial charge in [0.25, 0.3) is 5.91 Å². The number of benzene rings is 1. The van der Waals surface area contributed by atoms with E-state index >= 15 is 0 Å². The molecule has 4 nitrogen and oxygen atoms in total. The maximum absolute atomic E-state index is 12.0. The summed E-state index contributed by atoms with van der Waals surface area (Å²) in [4.78, 5) is 16.0. The zero-order valence-corrected chi connectivity index (χ0v) is 9.18. The minimum absolute atomic E-state index is 0.0855. The third kappa shape index (κ3) is 1.82. The van der Waals surface area contributed by atoms with Gasteiger partial charge in [0.05, 0.1) is 7.11 Å². The van der Waals surface area contributed by atoms with Crippen molar-refractivity contribution < 1.29 is 9.53 Å². The van der Waals surface area contributed by atoms with E-state index in [4.69, 9.17) is 4.74 Å². The van der Waals surface area contributed by atoms with Crippen molar-refractivity contribution in [3.05, 3.63) is 48.0 Å². The van der Waals surface area contributed by atoms with Crippen molar-refractivity contribution in [3.63, 3.8) is 0 Å². The lowest BCUT2D eigenvalue weighted by Gasteiger charge is -2.04. The molecule has 0 atom stereocenters. The SMILES string of the molecule is COc1ccc(C(=O)n2ccnc2C)cc1. The van der Waals surface area contributed by atoms with Crippen LogP contribution in [0.1, 0.15) is 16.2 Å². The van der Waals surface area contributed by atoms with Crippen LogP contribution in [0.2, 0.25) is 0 Å². The van der Waals surface area contributed by atoms with E-state index in [1.165, 1.54) is 4.57 Å². The van der Waals surface area contributed by atoms with E-state index in [0.717, 1.165) is 5.75 Å². The first kappa shape index (κ1) is 10.4. The number of carbonyl (C=O) groups is 1. The standard InChI is InChI=1S/C12H12N2O2/c1-9-13-7-8-14(9)12(15)10-3-5-11(16-2)6-4-10/h3-8H,1-2H3. The zero-order chi connectivity index (χ0) is 11.5. The van der Waals surface area contributed by atoms with Gasteiger partial charge in [0.15, 0.2) is 0 Å². The second-order valence-electron chi connectivity index (χ2n) is 3.38. The molecular weight excluding hydrogens is 204 g/mol. The monoisotopic (exact) mass is 216 g/mol. The average Bonchev–Trinajstić information content (AvgIpc) is 2.75. The highest BCUT2D eigenvalue weighted by molar-refractivity contribution is 5.96. The van der Waals surface area contributed by atoms with Crippen molar-refractivity contribution in [1.82, 2.24) is 9.55 Å². The molecular formula is C12H12N2O2. The first-order chi connectivity index (χ1) is 7.72. The highest BCUT2D eigenvalue weighted by atomic mass is 16.5. The molecule has 16 heavy (non-hydrogen) atoms. The van der Waals surface area contributed by atoms with Gasteiger partial charge in [-0.25, -0.2) is 4.98 Å². The first-order valence-electron chi connectivity index (χ1n) is 4.91. The Kier molecular flexibility index (Phi) is 2.72.